The molecular formula is C24H34N2O2. The van der Waals surface area contributed by atoms with Crippen molar-refractivity contribution < 1.29 is 9.59 Å². The highest BCUT2D eigenvalue weighted by molar-refractivity contribution is 5.91. The van der Waals surface area contributed by atoms with Gasteiger partial charge in [0.2, 0.25) is 11.8 Å². The lowest BCUT2D eigenvalue weighted by Gasteiger charge is -2.35. The van der Waals surface area contributed by atoms with Crippen molar-refractivity contribution in [1.82, 2.24) is 9.80 Å². The van der Waals surface area contributed by atoms with Gasteiger partial charge < -0.3 is 9.80 Å². The fourth-order valence-electron chi connectivity index (χ4n) is 4.87. The van der Waals surface area contributed by atoms with Crippen LogP contribution in [0.2, 0.25) is 0 Å². The van der Waals surface area contributed by atoms with Crippen molar-refractivity contribution in [2.75, 3.05) is 26.2 Å². The van der Waals surface area contributed by atoms with Crippen LogP contribution in [-0.4, -0.2) is 47.8 Å². The van der Waals surface area contributed by atoms with E-state index in [0.717, 1.165) is 64.7 Å². The van der Waals surface area contributed by atoms with Crippen molar-refractivity contribution in [3.63, 3.8) is 0 Å². The maximum Gasteiger partial charge on any atom is 0.233 e. The van der Waals surface area contributed by atoms with E-state index in [9.17, 15) is 9.59 Å². The topological polar surface area (TPSA) is 40.6 Å². The van der Waals surface area contributed by atoms with Crippen molar-refractivity contribution in [2.24, 2.45) is 5.92 Å². The van der Waals surface area contributed by atoms with E-state index in [2.05, 4.69) is 45.0 Å². The first-order valence-corrected chi connectivity index (χ1v) is 11.0. The van der Waals surface area contributed by atoms with Crippen molar-refractivity contribution in [1.29, 1.82) is 0 Å². The molecule has 3 fully saturated rings. The summed E-state index contributed by atoms with van der Waals surface area (Å²) >= 11 is 0. The molecule has 0 radical (unpaired) electrons. The lowest BCUT2D eigenvalue weighted by Crippen LogP contribution is -2.47. The quantitative estimate of drug-likeness (QED) is 0.796. The molecular weight excluding hydrogens is 348 g/mol. The second-order valence-electron chi connectivity index (χ2n) is 10.0. The summed E-state index contributed by atoms with van der Waals surface area (Å²) in [7, 11) is 0. The Balaban J connectivity index is 1.39. The number of benzene rings is 1. The van der Waals surface area contributed by atoms with Crippen LogP contribution in [0.5, 0.6) is 0 Å². The monoisotopic (exact) mass is 382 g/mol. The molecule has 2 heterocycles. The zero-order chi connectivity index (χ0) is 19.9. The molecule has 0 aromatic heterocycles. The van der Waals surface area contributed by atoms with Crippen LogP contribution < -0.4 is 0 Å². The molecule has 0 spiro atoms. The van der Waals surface area contributed by atoms with Gasteiger partial charge in [-0.1, -0.05) is 45.0 Å². The molecule has 1 aliphatic carbocycles. The van der Waals surface area contributed by atoms with E-state index in [0.29, 0.717) is 5.91 Å². The average molecular weight is 383 g/mol. The summed E-state index contributed by atoms with van der Waals surface area (Å²) in [6.07, 6.45) is 5.82. The van der Waals surface area contributed by atoms with Crippen molar-refractivity contribution >= 4 is 11.8 Å². The fraction of sp³-hybridized carbons (Fsp3) is 0.667. The Morgan fingerprint density at radius 1 is 0.893 bits per heavy atom. The van der Waals surface area contributed by atoms with E-state index in [4.69, 9.17) is 0 Å². The van der Waals surface area contributed by atoms with E-state index < -0.39 is 0 Å². The van der Waals surface area contributed by atoms with E-state index >= 15 is 0 Å². The number of carbonyl (C=O) groups is 2. The molecule has 4 nitrogen and oxygen atoms in total. The van der Waals surface area contributed by atoms with Gasteiger partial charge in [0.25, 0.3) is 0 Å². The Hall–Kier alpha value is -1.84. The minimum absolute atomic E-state index is 0.114. The Morgan fingerprint density at radius 2 is 1.46 bits per heavy atom. The van der Waals surface area contributed by atoms with Crippen molar-refractivity contribution in [3.8, 4) is 0 Å². The van der Waals surface area contributed by atoms with Crippen LogP contribution >= 0.6 is 0 Å². The number of likely N-dealkylation sites (tertiary alicyclic amines) is 2. The summed E-state index contributed by atoms with van der Waals surface area (Å²) < 4.78 is 0. The van der Waals surface area contributed by atoms with Crippen LogP contribution in [0.15, 0.2) is 24.3 Å². The highest BCUT2D eigenvalue weighted by Crippen LogP contribution is 2.50. The van der Waals surface area contributed by atoms with Crippen LogP contribution in [0.3, 0.4) is 0 Å². The van der Waals surface area contributed by atoms with Crippen LogP contribution in [0.1, 0.15) is 70.4 Å². The van der Waals surface area contributed by atoms with Gasteiger partial charge >= 0.3 is 0 Å². The number of nitrogens with zero attached hydrogens (tertiary/aromatic N) is 2. The van der Waals surface area contributed by atoms with Crippen molar-refractivity contribution in [3.05, 3.63) is 35.4 Å². The van der Waals surface area contributed by atoms with E-state index in [1.807, 2.05) is 9.80 Å². The molecule has 4 heteroatoms. The highest BCUT2D eigenvalue weighted by Gasteiger charge is 2.53. The molecule has 2 saturated heterocycles. The summed E-state index contributed by atoms with van der Waals surface area (Å²) in [5.74, 6) is 0.718. The van der Waals surface area contributed by atoms with Gasteiger partial charge in [-0.05, 0) is 55.1 Å². The van der Waals surface area contributed by atoms with Crippen molar-refractivity contribution in [2.45, 2.75) is 70.1 Å². The molecule has 0 unspecified atom stereocenters. The lowest BCUT2D eigenvalue weighted by atomic mass is 9.84. The third-order valence-electron chi connectivity index (χ3n) is 7.01. The standard InChI is InChI=1S/C24H34N2O2/c1-23(2,3)19-6-8-20(9-7-19)24(12-13-24)22(28)26-16-10-18(11-17-26)21(27)25-14-4-5-15-25/h6-9,18H,4-5,10-17H2,1-3H3. The molecule has 2 aliphatic heterocycles. The predicted molar refractivity (Wildman–Crippen MR) is 111 cm³/mol. The van der Waals surface area contributed by atoms with Gasteiger partial charge in [-0.3, -0.25) is 9.59 Å². The average Bonchev–Trinajstić information content (AvgIpc) is 3.32. The molecule has 0 atom stereocenters. The van der Waals surface area contributed by atoms with Gasteiger partial charge in [0, 0.05) is 32.1 Å². The first-order chi connectivity index (χ1) is 13.3. The van der Waals surface area contributed by atoms with Gasteiger partial charge in [-0.2, -0.15) is 0 Å². The molecule has 2 amide bonds. The number of amides is 2. The van der Waals surface area contributed by atoms with Gasteiger partial charge in [0.05, 0.1) is 5.41 Å². The molecule has 1 aromatic rings. The normalized spacial score (nSPS) is 22.4. The van der Waals surface area contributed by atoms with E-state index in [-0.39, 0.29) is 22.7 Å². The maximum atomic E-state index is 13.3. The second kappa shape index (κ2) is 7.20. The molecule has 0 N–H and O–H groups in total. The van der Waals surface area contributed by atoms with Crippen LogP contribution in [-0.2, 0) is 20.4 Å². The fourth-order valence-corrected chi connectivity index (χ4v) is 4.87. The molecule has 1 saturated carbocycles. The second-order valence-corrected chi connectivity index (χ2v) is 10.0. The first kappa shape index (κ1) is 19.5. The summed E-state index contributed by atoms with van der Waals surface area (Å²) in [6, 6.07) is 8.69. The van der Waals surface area contributed by atoms with Gasteiger partial charge in [0.15, 0.2) is 0 Å². The number of carbonyl (C=O) groups excluding carboxylic acids is 2. The number of piperidine rings is 1. The Labute approximate surface area is 169 Å². The maximum absolute atomic E-state index is 13.3. The van der Waals surface area contributed by atoms with E-state index in [1.165, 1.54) is 11.1 Å². The molecule has 4 rings (SSSR count). The minimum atomic E-state index is -0.303. The zero-order valence-electron chi connectivity index (χ0n) is 17.7. The Kier molecular flexibility index (Phi) is 5.01. The zero-order valence-corrected chi connectivity index (χ0v) is 17.7. The number of hydrogen-bond acceptors (Lipinski definition) is 2. The van der Waals surface area contributed by atoms with Gasteiger partial charge in [0.1, 0.15) is 0 Å². The number of hydrogen-bond donors (Lipinski definition) is 0. The van der Waals surface area contributed by atoms with Gasteiger partial charge in [-0.15, -0.1) is 0 Å². The highest BCUT2D eigenvalue weighted by atomic mass is 16.2. The molecule has 3 aliphatic rings. The van der Waals surface area contributed by atoms with Crippen LogP contribution in [0.4, 0.5) is 0 Å². The van der Waals surface area contributed by atoms with Crippen LogP contribution in [0.25, 0.3) is 0 Å². The van der Waals surface area contributed by atoms with E-state index in [1.54, 1.807) is 0 Å². The SMILES string of the molecule is CC(C)(C)c1ccc(C2(C(=O)N3CCC(C(=O)N4CCCC4)CC3)CC2)cc1. The minimum Gasteiger partial charge on any atom is -0.342 e. The van der Waals surface area contributed by atoms with Crippen LogP contribution in [0, 0.1) is 5.92 Å². The Bertz CT molecular complexity index is 729. The molecule has 152 valence electrons. The summed E-state index contributed by atoms with van der Waals surface area (Å²) in [5.41, 5.74) is 2.30. The smallest absolute Gasteiger partial charge is 0.233 e. The molecule has 0 bridgehead atoms. The molecule has 28 heavy (non-hydrogen) atoms. The summed E-state index contributed by atoms with van der Waals surface area (Å²) in [6.45, 7) is 9.95. The first-order valence-electron chi connectivity index (χ1n) is 11.0. The third kappa shape index (κ3) is 3.58. The predicted octanol–water partition coefficient (Wildman–Crippen LogP) is 3.88. The largest absolute Gasteiger partial charge is 0.342 e. The summed E-state index contributed by atoms with van der Waals surface area (Å²) in [4.78, 5) is 30.0. The van der Waals surface area contributed by atoms with Gasteiger partial charge in [-0.25, -0.2) is 0 Å². The summed E-state index contributed by atoms with van der Waals surface area (Å²) in [5, 5.41) is 0. The molecule has 1 aromatic carbocycles. The number of rotatable bonds is 3. The Morgan fingerprint density at radius 3 is 1.96 bits per heavy atom. The lowest BCUT2D eigenvalue weighted by molar-refractivity contribution is -0.141. The third-order valence-corrected chi connectivity index (χ3v) is 7.01.